The van der Waals surface area contributed by atoms with Crippen molar-refractivity contribution in [3.8, 4) is 0 Å². The molecule has 2 aromatic rings. The minimum absolute atomic E-state index is 0.133. The molecule has 0 bridgehead atoms. The average Bonchev–Trinajstić information content (AvgIpc) is 2.96. The largest absolute Gasteiger partial charge is 0.461 e. The summed E-state index contributed by atoms with van der Waals surface area (Å²) in [6.07, 6.45) is 1.83. The monoisotopic (exact) mass is 283 g/mol. The zero-order valence-electron chi connectivity index (χ0n) is 10.7. The Bertz CT molecular complexity index is 577. The van der Waals surface area contributed by atoms with Crippen LogP contribution >= 0.6 is 11.6 Å². The van der Waals surface area contributed by atoms with Crippen molar-refractivity contribution in [3.05, 3.63) is 29.3 Å². The predicted molar refractivity (Wildman–Crippen MR) is 67.8 cm³/mol. The molecule has 19 heavy (non-hydrogen) atoms. The van der Waals surface area contributed by atoms with Gasteiger partial charge >= 0.3 is 5.97 Å². The number of hydrogen-bond donors (Lipinski definition) is 0. The number of aryl methyl sites for hydroxylation is 1. The van der Waals surface area contributed by atoms with Crippen LogP contribution in [0.1, 0.15) is 28.8 Å². The lowest BCUT2D eigenvalue weighted by Crippen LogP contribution is -2.11. The van der Waals surface area contributed by atoms with E-state index >= 15 is 0 Å². The van der Waals surface area contributed by atoms with E-state index in [9.17, 15) is 4.79 Å². The number of nitrogens with zero attached hydrogens (tertiary/aromatic N) is 5. The van der Waals surface area contributed by atoms with Crippen molar-refractivity contribution in [1.29, 1.82) is 0 Å². The first-order chi connectivity index (χ1) is 9.15. The molecule has 0 saturated carbocycles. The van der Waals surface area contributed by atoms with Crippen LogP contribution in [-0.4, -0.2) is 37.4 Å². The van der Waals surface area contributed by atoms with Crippen LogP contribution in [0.15, 0.2) is 12.3 Å². The van der Waals surface area contributed by atoms with Gasteiger partial charge in [-0.05, 0) is 13.0 Å². The van der Waals surface area contributed by atoms with E-state index in [1.807, 2.05) is 19.3 Å². The number of ether oxygens (including phenoxy) is 1. The number of esters is 1. The second-order valence-corrected chi connectivity index (χ2v) is 4.14. The zero-order valence-corrected chi connectivity index (χ0v) is 11.5. The van der Waals surface area contributed by atoms with Gasteiger partial charge in [-0.15, -0.1) is 16.7 Å². The first kappa shape index (κ1) is 13.5. The van der Waals surface area contributed by atoms with Gasteiger partial charge in [0.2, 0.25) is 0 Å². The quantitative estimate of drug-likeness (QED) is 0.604. The summed E-state index contributed by atoms with van der Waals surface area (Å²) in [6, 6.07) is 1.86. The summed E-state index contributed by atoms with van der Waals surface area (Å²) >= 11 is 5.86. The predicted octanol–water partition coefficient (Wildman–Crippen LogP) is 0.975. The van der Waals surface area contributed by atoms with Crippen LogP contribution < -0.4 is 0 Å². The van der Waals surface area contributed by atoms with E-state index in [-0.39, 0.29) is 18.2 Å². The van der Waals surface area contributed by atoms with E-state index in [4.69, 9.17) is 16.3 Å². The minimum Gasteiger partial charge on any atom is -0.461 e. The fourth-order valence-electron chi connectivity index (χ4n) is 1.65. The van der Waals surface area contributed by atoms with Gasteiger partial charge in [0.15, 0.2) is 5.69 Å². The van der Waals surface area contributed by atoms with Crippen LogP contribution in [-0.2, 0) is 24.2 Å². The summed E-state index contributed by atoms with van der Waals surface area (Å²) in [7, 11) is 1.83. The van der Waals surface area contributed by atoms with Crippen LogP contribution in [0, 0.1) is 0 Å². The summed E-state index contributed by atoms with van der Waals surface area (Å²) in [5, 5.41) is 12.0. The Morgan fingerprint density at radius 1 is 1.53 bits per heavy atom. The van der Waals surface area contributed by atoms with Crippen molar-refractivity contribution in [2.45, 2.75) is 19.3 Å². The molecule has 102 valence electrons. The minimum atomic E-state index is -0.509. The molecule has 2 heterocycles. The summed E-state index contributed by atoms with van der Waals surface area (Å²) < 4.78 is 8.16. The van der Waals surface area contributed by atoms with Gasteiger partial charge in [-0.3, -0.25) is 4.68 Å². The summed E-state index contributed by atoms with van der Waals surface area (Å²) in [4.78, 5) is 11.7. The molecule has 0 atom stereocenters. The Morgan fingerprint density at radius 3 is 2.89 bits per heavy atom. The molecule has 0 aliphatic heterocycles. The molecule has 0 radical (unpaired) electrons. The molecule has 0 N–H and O–H groups in total. The van der Waals surface area contributed by atoms with Crippen LogP contribution in [0.3, 0.4) is 0 Å². The van der Waals surface area contributed by atoms with Crippen LogP contribution in [0.4, 0.5) is 0 Å². The van der Waals surface area contributed by atoms with Gasteiger partial charge in [-0.1, -0.05) is 5.21 Å². The number of carbonyl (C=O) groups excluding carboxylic acids is 1. The summed E-state index contributed by atoms with van der Waals surface area (Å²) in [6.45, 7) is 2.43. The van der Waals surface area contributed by atoms with Crippen molar-refractivity contribution >= 4 is 17.6 Å². The van der Waals surface area contributed by atoms with Crippen molar-refractivity contribution in [2.24, 2.45) is 7.05 Å². The van der Waals surface area contributed by atoms with E-state index in [0.29, 0.717) is 12.2 Å². The van der Waals surface area contributed by atoms with E-state index in [0.717, 1.165) is 5.69 Å². The Hall–Kier alpha value is -1.89. The molecule has 0 spiro atoms. The smallest absolute Gasteiger partial charge is 0.360 e. The second-order valence-electron chi connectivity index (χ2n) is 3.88. The van der Waals surface area contributed by atoms with Gasteiger partial charge < -0.3 is 4.74 Å². The Morgan fingerprint density at radius 2 is 2.32 bits per heavy atom. The van der Waals surface area contributed by atoms with Crippen LogP contribution in [0.2, 0.25) is 0 Å². The molecule has 0 aliphatic rings. The third-order valence-electron chi connectivity index (χ3n) is 2.51. The van der Waals surface area contributed by atoms with Crippen molar-refractivity contribution in [2.75, 3.05) is 6.61 Å². The second kappa shape index (κ2) is 5.83. The lowest BCUT2D eigenvalue weighted by atomic mass is 10.3. The third-order valence-corrected chi connectivity index (χ3v) is 2.77. The molecular formula is C11H14ClN5O2. The van der Waals surface area contributed by atoms with Gasteiger partial charge in [-0.25, -0.2) is 9.48 Å². The fraction of sp³-hybridized carbons (Fsp3) is 0.455. The highest BCUT2D eigenvalue weighted by atomic mass is 35.5. The summed E-state index contributed by atoms with van der Waals surface area (Å²) in [5.74, 6) is -0.376. The van der Waals surface area contributed by atoms with E-state index in [2.05, 4.69) is 15.4 Å². The van der Waals surface area contributed by atoms with E-state index < -0.39 is 5.97 Å². The Labute approximate surface area is 115 Å². The molecule has 0 aliphatic carbocycles. The molecule has 0 amide bonds. The van der Waals surface area contributed by atoms with Crippen molar-refractivity contribution < 1.29 is 9.53 Å². The maximum atomic E-state index is 11.7. The van der Waals surface area contributed by atoms with Crippen LogP contribution in [0.25, 0.3) is 0 Å². The Balaban J connectivity index is 2.24. The lowest BCUT2D eigenvalue weighted by molar-refractivity contribution is 0.0518. The molecule has 7 nitrogen and oxygen atoms in total. The van der Waals surface area contributed by atoms with Gasteiger partial charge in [0, 0.05) is 13.2 Å². The fourth-order valence-corrected chi connectivity index (χ4v) is 1.92. The first-order valence-electron chi connectivity index (χ1n) is 5.79. The molecule has 0 aromatic carbocycles. The van der Waals surface area contributed by atoms with E-state index in [1.54, 1.807) is 16.3 Å². The molecule has 2 aromatic heterocycles. The lowest BCUT2D eigenvalue weighted by Gasteiger charge is -2.03. The number of hydrogen-bond acceptors (Lipinski definition) is 5. The summed E-state index contributed by atoms with van der Waals surface area (Å²) in [5.41, 5.74) is 1.51. The average molecular weight is 284 g/mol. The van der Waals surface area contributed by atoms with Gasteiger partial charge in [0.25, 0.3) is 0 Å². The number of rotatable bonds is 5. The highest BCUT2D eigenvalue weighted by molar-refractivity contribution is 6.17. The van der Waals surface area contributed by atoms with E-state index in [1.165, 1.54) is 0 Å². The zero-order chi connectivity index (χ0) is 13.8. The molecular weight excluding hydrogens is 270 g/mol. The molecule has 0 fully saturated rings. The Kier molecular flexibility index (Phi) is 4.16. The van der Waals surface area contributed by atoms with Gasteiger partial charge in [0.1, 0.15) is 0 Å². The van der Waals surface area contributed by atoms with Crippen molar-refractivity contribution in [1.82, 2.24) is 24.8 Å². The molecule has 8 heteroatoms. The highest BCUT2D eigenvalue weighted by Gasteiger charge is 2.20. The third kappa shape index (κ3) is 2.93. The SMILES string of the molecule is CCOC(=O)c1nnn(Cc2ccn(C)n2)c1CCl. The molecule has 0 saturated heterocycles. The van der Waals surface area contributed by atoms with Gasteiger partial charge in [0.05, 0.1) is 30.4 Å². The number of aromatic nitrogens is 5. The van der Waals surface area contributed by atoms with Crippen LogP contribution in [0.5, 0.6) is 0 Å². The number of alkyl halides is 1. The molecule has 2 rings (SSSR count). The highest BCUT2D eigenvalue weighted by Crippen LogP contribution is 2.12. The van der Waals surface area contributed by atoms with Gasteiger partial charge in [-0.2, -0.15) is 5.10 Å². The normalized spacial score (nSPS) is 10.7. The van der Waals surface area contributed by atoms with Crippen molar-refractivity contribution in [3.63, 3.8) is 0 Å². The first-order valence-corrected chi connectivity index (χ1v) is 6.33. The topological polar surface area (TPSA) is 74.8 Å². The molecule has 0 unspecified atom stereocenters. The maximum absolute atomic E-state index is 11.7. The maximum Gasteiger partial charge on any atom is 0.360 e. The standard InChI is InChI=1S/C11H14ClN5O2/c1-3-19-11(18)10-9(6-12)17(15-13-10)7-8-4-5-16(2)14-8/h4-5H,3,6-7H2,1-2H3. The number of halogens is 1. The number of carbonyl (C=O) groups is 1.